The molecular formula is C19H24ClN3O2. The maximum atomic E-state index is 10.5. The van der Waals surface area contributed by atoms with E-state index in [-0.39, 0.29) is 0 Å². The molecule has 1 aromatic carbocycles. The summed E-state index contributed by atoms with van der Waals surface area (Å²) in [5, 5.41) is 11.1. The van der Waals surface area contributed by atoms with Crippen LogP contribution >= 0.6 is 11.6 Å². The summed E-state index contributed by atoms with van der Waals surface area (Å²) in [5.41, 5.74) is 0.820. The molecule has 0 saturated carbocycles. The van der Waals surface area contributed by atoms with E-state index in [1.807, 2.05) is 43.5 Å². The van der Waals surface area contributed by atoms with Crippen molar-refractivity contribution in [2.45, 2.75) is 13.0 Å². The molecule has 0 bridgehead atoms. The van der Waals surface area contributed by atoms with Gasteiger partial charge in [0.2, 0.25) is 0 Å². The van der Waals surface area contributed by atoms with Crippen molar-refractivity contribution in [3.05, 3.63) is 53.2 Å². The van der Waals surface area contributed by atoms with Gasteiger partial charge in [0.05, 0.1) is 17.7 Å². The predicted octanol–water partition coefficient (Wildman–Crippen LogP) is 2.99. The molecule has 1 aliphatic rings. The smallest absolute Gasteiger partial charge is 0.137 e. The van der Waals surface area contributed by atoms with E-state index in [2.05, 4.69) is 14.8 Å². The monoisotopic (exact) mass is 361 g/mol. The lowest BCUT2D eigenvalue weighted by Gasteiger charge is -2.36. The van der Waals surface area contributed by atoms with Gasteiger partial charge in [-0.3, -0.25) is 4.90 Å². The lowest BCUT2D eigenvalue weighted by molar-refractivity contribution is 0.109. The van der Waals surface area contributed by atoms with Crippen molar-refractivity contribution in [1.82, 2.24) is 9.88 Å². The fourth-order valence-electron chi connectivity index (χ4n) is 3.05. The van der Waals surface area contributed by atoms with Gasteiger partial charge in [0.25, 0.3) is 0 Å². The Bertz CT molecular complexity index is 676. The van der Waals surface area contributed by atoms with Crippen LogP contribution in [0.15, 0.2) is 42.6 Å². The van der Waals surface area contributed by atoms with E-state index >= 15 is 0 Å². The minimum atomic E-state index is -0.561. The Hall–Kier alpha value is -1.82. The van der Waals surface area contributed by atoms with Crippen LogP contribution in [-0.2, 0) is 0 Å². The minimum Gasteiger partial charge on any atom is -0.492 e. The number of halogens is 1. The molecule has 1 aliphatic heterocycles. The van der Waals surface area contributed by atoms with Gasteiger partial charge in [-0.2, -0.15) is 0 Å². The van der Waals surface area contributed by atoms with Gasteiger partial charge < -0.3 is 14.7 Å². The maximum absolute atomic E-state index is 10.5. The fourth-order valence-corrected chi connectivity index (χ4v) is 3.29. The van der Waals surface area contributed by atoms with E-state index in [0.717, 1.165) is 37.6 Å². The van der Waals surface area contributed by atoms with Crippen molar-refractivity contribution in [1.29, 1.82) is 0 Å². The van der Waals surface area contributed by atoms with Crippen LogP contribution in [0.1, 0.15) is 18.6 Å². The van der Waals surface area contributed by atoms with E-state index in [0.29, 0.717) is 23.9 Å². The van der Waals surface area contributed by atoms with E-state index < -0.39 is 6.10 Å². The molecule has 25 heavy (non-hydrogen) atoms. The highest BCUT2D eigenvalue weighted by atomic mass is 35.5. The average molecular weight is 362 g/mol. The summed E-state index contributed by atoms with van der Waals surface area (Å²) >= 11 is 6.22. The van der Waals surface area contributed by atoms with Crippen LogP contribution in [0.5, 0.6) is 5.75 Å². The Balaban J connectivity index is 1.54. The Morgan fingerprint density at radius 1 is 1.20 bits per heavy atom. The number of anilines is 1. The molecule has 0 aliphatic carbocycles. The standard InChI is InChI=1S/C19H24ClN3O2/c1-2-25-18-7-6-15(13-16(18)20)17(24)14-22-9-11-23(12-10-22)19-5-3-4-8-21-19/h3-8,13,17,24H,2,9-12,14H2,1H3/t17-/m1/s1. The van der Waals surface area contributed by atoms with Crippen LogP contribution in [0.25, 0.3) is 0 Å². The third-order valence-electron chi connectivity index (χ3n) is 4.42. The summed E-state index contributed by atoms with van der Waals surface area (Å²) < 4.78 is 5.44. The second-order valence-corrected chi connectivity index (χ2v) is 6.52. The van der Waals surface area contributed by atoms with Crippen LogP contribution in [-0.4, -0.2) is 54.3 Å². The van der Waals surface area contributed by atoms with Crippen molar-refractivity contribution in [2.24, 2.45) is 0 Å². The van der Waals surface area contributed by atoms with Crippen molar-refractivity contribution >= 4 is 17.4 Å². The molecular weight excluding hydrogens is 338 g/mol. The molecule has 1 fully saturated rings. The number of benzene rings is 1. The van der Waals surface area contributed by atoms with Crippen molar-refractivity contribution in [2.75, 3.05) is 44.2 Å². The third kappa shape index (κ3) is 4.63. The Morgan fingerprint density at radius 2 is 2.00 bits per heavy atom. The molecule has 1 saturated heterocycles. The summed E-state index contributed by atoms with van der Waals surface area (Å²) in [6.45, 7) is 6.71. The predicted molar refractivity (Wildman–Crippen MR) is 100 cm³/mol. The van der Waals surface area contributed by atoms with Gasteiger partial charge in [0.15, 0.2) is 0 Å². The number of aliphatic hydroxyl groups is 1. The summed E-state index contributed by atoms with van der Waals surface area (Å²) in [4.78, 5) is 8.95. The molecule has 0 spiro atoms. The zero-order chi connectivity index (χ0) is 17.6. The Morgan fingerprint density at radius 3 is 2.64 bits per heavy atom. The first-order valence-corrected chi connectivity index (χ1v) is 9.04. The number of rotatable bonds is 6. The van der Waals surface area contributed by atoms with Crippen molar-refractivity contribution in [3.63, 3.8) is 0 Å². The molecule has 134 valence electrons. The molecule has 6 heteroatoms. The van der Waals surface area contributed by atoms with Crippen LogP contribution in [0.4, 0.5) is 5.82 Å². The fraction of sp³-hybridized carbons (Fsp3) is 0.421. The second kappa shape index (κ2) is 8.52. The molecule has 0 radical (unpaired) electrons. The number of ether oxygens (including phenoxy) is 1. The normalized spacial score (nSPS) is 16.7. The van der Waals surface area contributed by atoms with E-state index in [1.165, 1.54) is 0 Å². The van der Waals surface area contributed by atoms with Gasteiger partial charge in [-0.1, -0.05) is 23.7 Å². The third-order valence-corrected chi connectivity index (χ3v) is 4.71. The number of piperazine rings is 1. The number of β-amino-alcohol motifs (C(OH)–C–C–N with tert-alkyl or cyclic N) is 1. The molecule has 0 unspecified atom stereocenters. The summed E-state index contributed by atoms with van der Waals surface area (Å²) in [6, 6.07) is 11.5. The van der Waals surface area contributed by atoms with Crippen molar-refractivity contribution in [3.8, 4) is 5.75 Å². The van der Waals surface area contributed by atoms with Gasteiger partial charge in [-0.15, -0.1) is 0 Å². The topological polar surface area (TPSA) is 48.8 Å². The maximum Gasteiger partial charge on any atom is 0.137 e. The molecule has 2 heterocycles. The SMILES string of the molecule is CCOc1ccc([C@H](O)CN2CCN(c3ccccn3)CC2)cc1Cl. The first-order valence-electron chi connectivity index (χ1n) is 8.66. The van der Waals surface area contributed by atoms with E-state index in [1.54, 1.807) is 6.07 Å². The second-order valence-electron chi connectivity index (χ2n) is 6.11. The van der Waals surface area contributed by atoms with E-state index in [4.69, 9.17) is 16.3 Å². The van der Waals surface area contributed by atoms with Crippen LogP contribution in [0, 0.1) is 0 Å². The number of aliphatic hydroxyl groups excluding tert-OH is 1. The summed E-state index contributed by atoms with van der Waals surface area (Å²) in [6.07, 6.45) is 1.26. The minimum absolute atomic E-state index is 0.540. The zero-order valence-corrected chi connectivity index (χ0v) is 15.2. The lowest BCUT2D eigenvalue weighted by atomic mass is 10.1. The summed E-state index contributed by atoms with van der Waals surface area (Å²) in [5.74, 6) is 1.67. The highest BCUT2D eigenvalue weighted by Gasteiger charge is 2.21. The quantitative estimate of drug-likeness (QED) is 0.857. The molecule has 2 aromatic rings. The molecule has 5 nitrogen and oxygen atoms in total. The van der Waals surface area contributed by atoms with E-state index in [9.17, 15) is 5.11 Å². The number of pyridine rings is 1. The number of aromatic nitrogens is 1. The molecule has 3 rings (SSSR count). The van der Waals surface area contributed by atoms with Crippen LogP contribution in [0.2, 0.25) is 5.02 Å². The van der Waals surface area contributed by atoms with Gasteiger partial charge in [0.1, 0.15) is 11.6 Å². The van der Waals surface area contributed by atoms with Crippen LogP contribution < -0.4 is 9.64 Å². The number of hydrogen-bond acceptors (Lipinski definition) is 5. The molecule has 1 N–H and O–H groups in total. The van der Waals surface area contributed by atoms with Gasteiger partial charge in [0, 0.05) is 38.9 Å². The van der Waals surface area contributed by atoms with Gasteiger partial charge in [-0.05, 0) is 36.8 Å². The molecule has 1 aromatic heterocycles. The first-order chi connectivity index (χ1) is 12.2. The lowest BCUT2D eigenvalue weighted by Crippen LogP contribution is -2.47. The summed E-state index contributed by atoms with van der Waals surface area (Å²) in [7, 11) is 0. The number of hydrogen-bond donors (Lipinski definition) is 1. The van der Waals surface area contributed by atoms with Crippen LogP contribution in [0.3, 0.4) is 0 Å². The number of nitrogens with zero attached hydrogens (tertiary/aromatic N) is 3. The van der Waals surface area contributed by atoms with Crippen molar-refractivity contribution < 1.29 is 9.84 Å². The molecule has 1 atom stereocenters. The Labute approximate surface area is 153 Å². The zero-order valence-electron chi connectivity index (χ0n) is 14.4. The largest absolute Gasteiger partial charge is 0.492 e. The van der Waals surface area contributed by atoms with Gasteiger partial charge in [-0.25, -0.2) is 4.98 Å². The molecule has 0 amide bonds. The average Bonchev–Trinajstić information content (AvgIpc) is 2.65. The Kier molecular flexibility index (Phi) is 6.13. The first kappa shape index (κ1) is 18.0. The highest BCUT2D eigenvalue weighted by molar-refractivity contribution is 6.32. The highest BCUT2D eigenvalue weighted by Crippen LogP contribution is 2.28. The van der Waals surface area contributed by atoms with Gasteiger partial charge >= 0.3 is 0 Å².